The lowest BCUT2D eigenvalue weighted by molar-refractivity contribution is 0.0998. The number of pyridine rings is 1. The highest BCUT2D eigenvalue weighted by molar-refractivity contribution is 5.97. The van der Waals surface area contributed by atoms with Gasteiger partial charge in [0.2, 0.25) is 5.43 Å². The number of carbonyl (C=O) groups excluding carboxylic acids is 1. The maximum Gasteiger partial charge on any atom is 0.254 e. The minimum absolute atomic E-state index is 0.0706. The minimum atomic E-state index is -0.677. The number of benzene rings is 1. The van der Waals surface area contributed by atoms with Crippen molar-refractivity contribution in [3.05, 3.63) is 45.7 Å². The summed E-state index contributed by atoms with van der Waals surface area (Å²) in [6, 6.07) is 7.08. The monoisotopic (exact) mass is 216 g/mol. The maximum atomic E-state index is 12.0. The maximum absolute atomic E-state index is 12.0. The molecule has 0 unspecified atom stereocenters. The SMILES string of the molecule is CCc1[nH]c2ccccc2c(=O)c1C(N)=O. The van der Waals surface area contributed by atoms with Gasteiger partial charge in [-0.3, -0.25) is 9.59 Å². The normalized spacial score (nSPS) is 10.6. The van der Waals surface area contributed by atoms with Crippen molar-refractivity contribution < 1.29 is 4.79 Å². The number of aryl methyl sites for hydroxylation is 1. The van der Waals surface area contributed by atoms with E-state index in [1.54, 1.807) is 18.2 Å². The van der Waals surface area contributed by atoms with Crippen LogP contribution in [0.1, 0.15) is 23.0 Å². The third-order valence-electron chi connectivity index (χ3n) is 2.59. The number of rotatable bonds is 2. The summed E-state index contributed by atoms with van der Waals surface area (Å²) in [6.45, 7) is 1.87. The smallest absolute Gasteiger partial charge is 0.254 e. The van der Waals surface area contributed by atoms with E-state index in [0.29, 0.717) is 17.5 Å². The van der Waals surface area contributed by atoms with Crippen LogP contribution in [0.25, 0.3) is 10.9 Å². The molecule has 4 heteroatoms. The van der Waals surface area contributed by atoms with Gasteiger partial charge >= 0.3 is 0 Å². The highest BCUT2D eigenvalue weighted by atomic mass is 16.2. The fourth-order valence-electron chi connectivity index (χ4n) is 1.81. The first-order valence-electron chi connectivity index (χ1n) is 5.08. The van der Waals surface area contributed by atoms with E-state index in [9.17, 15) is 9.59 Å². The van der Waals surface area contributed by atoms with E-state index < -0.39 is 5.91 Å². The van der Waals surface area contributed by atoms with Gasteiger partial charge in [-0.15, -0.1) is 0 Å². The van der Waals surface area contributed by atoms with Crippen LogP contribution in [-0.4, -0.2) is 10.9 Å². The summed E-state index contributed by atoms with van der Waals surface area (Å²) in [7, 11) is 0. The van der Waals surface area contributed by atoms with Crippen molar-refractivity contribution in [2.45, 2.75) is 13.3 Å². The predicted octanol–water partition coefficient (Wildman–Crippen LogP) is 1.19. The Balaban J connectivity index is 2.94. The topological polar surface area (TPSA) is 75.9 Å². The van der Waals surface area contributed by atoms with Gasteiger partial charge in [-0.05, 0) is 18.6 Å². The van der Waals surface area contributed by atoms with E-state index in [1.165, 1.54) is 0 Å². The van der Waals surface area contributed by atoms with E-state index in [0.717, 1.165) is 5.52 Å². The zero-order chi connectivity index (χ0) is 11.7. The van der Waals surface area contributed by atoms with Gasteiger partial charge in [-0.25, -0.2) is 0 Å². The summed E-state index contributed by atoms with van der Waals surface area (Å²) >= 11 is 0. The zero-order valence-electron chi connectivity index (χ0n) is 8.91. The van der Waals surface area contributed by atoms with Crippen LogP contribution in [0.5, 0.6) is 0 Å². The van der Waals surface area contributed by atoms with Gasteiger partial charge in [0.05, 0.1) is 0 Å². The fourth-order valence-corrected chi connectivity index (χ4v) is 1.81. The first-order valence-corrected chi connectivity index (χ1v) is 5.08. The van der Waals surface area contributed by atoms with Gasteiger partial charge in [0.15, 0.2) is 0 Å². The summed E-state index contributed by atoms with van der Waals surface area (Å²) in [4.78, 5) is 26.3. The molecule has 1 aromatic carbocycles. The standard InChI is InChI=1S/C12H12N2O2/c1-2-8-10(12(13)16)11(15)7-5-3-4-6-9(7)14-8/h3-6H,2H2,1H3,(H2,13,16)(H,14,15). The van der Waals surface area contributed by atoms with Gasteiger partial charge in [0.1, 0.15) is 5.56 Å². The summed E-state index contributed by atoms with van der Waals surface area (Å²) in [5.41, 5.74) is 6.33. The second kappa shape index (κ2) is 3.81. The van der Waals surface area contributed by atoms with Crippen LogP contribution < -0.4 is 11.2 Å². The molecular weight excluding hydrogens is 204 g/mol. The lowest BCUT2D eigenvalue weighted by Gasteiger charge is -2.06. The van der Waals surface area contributed by atoms with E-state index in [1.807, 2.05) is 13.0 Å². The predicted molar refractivity (Wildman–Crippen MR) is 62.5 cm³/mol. The Kier molecular flexibility index (Phi) is 2.48. The minimum Gasteiger partial charge on any atom is -0.365 e. The Bertz CT molecular complexity index is 614. The molecule has 3 N–H and O–H groups in total. The van der Waals surface area contributed by atoms with Crippen molar-refractivity contribution in [3.8, 4) is 0 Å². The number of fused-ring (bicyclic) bond motifs is 1. The quantitative estimate of drug-likeness (QED) is 0.791. The highest BCUT2D eigenvalue weighted by Gasteiger charge is 2.14. The van der Waals surface area contributed by atoms with Gasteiger partial charge in [-0.1, -0.05) is 19.1 Å². The molecule has 0 saturated carbocycles. The zero-order valence-corrected chi connectivity index (χ0v) is 8.91. The number of carbonyl (C=O) groups is 1. The van der Waals surface area contributed by atoms with Crippen molar-refractivity contribution in [2.75, 3.05) is 0 Å². The number of nitrogens with one attached hydrogen (secondary N) is 1. The molecular formula is C12H12N2O2. The molecule has 82 valence electrons. The molecule has 0 fully saturated rings. The van der Waals surface area contributed by atoms with Gasteiger partial charge in [-0.2, -0.15) is 0 Å². The molecule has 0 aliphatic heterocycles. The number of aromatic nitrogens is 1. The fraction of sp³-hybridized carbons (Fsp3) is 0.167. The van der Waals surface area contributed by atoms with Crippen LogP contribution in [0.4, 0.5) is 0 Å². The third-order valence-corrected chi connectivity index (χ3v) is 2.59. The second-order valence-corrected chi connectivity index (χ2v) is 3.57. The largest absolute Gasteiger partial charge is 0.365 e. The van der Waals surface area contributed by atoms with Crippen LogP contribution in [-0.2, 0) is 6.42 Å². The van der Waals surface area contributed by atoms with Crippen LogP contribution in [0, 0.1) is 0 Å². The molecule has 0 atom stereocenters. The lowest BCUT2D eigenvalue weighted by Crippen LogP contribution is -2.25. The van der Waals surface area contributed by atoms with Gasteiger partial charge < -0.3 is 10.7 Å². The molecule has 1 heterocycles. The number of H-pyrrole nitrogens is 1. The van der Waals surface area contributed by atoms with Crippen molar-refractivity contribution in [2.24, 2.45) is 5.73 Å². The highest BCUT2D eigenvalue weighted by Crippen LogP contribution is 2.11. The van der Waals surface area contributed by atoms with E-state index in [2.05, 4.69) is 4.98 Å². The third kappa shape index (κ3) is 1.48. The number of primary amides is 1. The van der Waals surface area contributed by atoms with E-state index in [4.69, 9.17) is 5.73 Å². The summed E-state index contributed by atoms with van der Waals surface area (Å²) in [5, 5.41) is 0.494. The molecule has 2 aromatic rings. The molecule has 0 radical (unpaired) electrons. The second-order valence-electron chi connectivity index (χ2n) is 3.57. The van der Waals surface area contributed by atoms with Gasteiger partial charge in [0.25, 0.3) is 5.91 Å². The van der Waals surface area contributed by atoms with Crippen LogP contribution in [0.3, 0.4) is 0 Å². The molecule has 4 nitrogen and oxygen atoms in total. The number of aromatic amines is 1. The molecule has 0 spiro atoms. The summed E-state index contributed by atoms with van der Waals surface area (Å²) < 4.78 is 0. The number of hydrogen-bond acceptors (Lipinski definition) is 2. The number of nitrogens with two attached hydrogens (primary N) is 1. The molecule has 0 bridgehead atoms. The molecule has 2 rings (SSSR count). The summed E-state index contributed by atoms with van der Waals surface area (Å²) in [5.74, 6) is -0.677. The Morgan fingerprint density at radius 3 is 2.69 bits per heavy atom. The van der Waals surface area contributed by atoms with Crippen LogP contribution in [0.2, 0.25) is 0 Å². The van der Waals surface area contributed by atoms with Crippen LogP contribution in [0.15, 0.2) is 29.1 Å². The summed E-state index contributed by atoms with van der Waals surface area (Å²) in [6.07, 6.45) is 0.568. The Morgan fingerprint density at radius 2 is 2.06 bits per heavy atom. The number of hydrogen-bond donors (Lipinski definition) is 2. The molecule has 1 amide bonds. The molecule has 0 saturated heterocycles. The first kappa shape index (κ1) is 10.4. The first-order chi connectivity index (χ1) is 7.65. The van der Waals surface area contributed by atoms with Crippen molar-refractivity contribution in [1.82, 2.24) is 4.98 Å². The molecule has 0 aliphatic carbocycles. The van der Waals surface area contributed by atoms with Crippen molar-refractivity contribution >= 4 is 16.8 Å². The number of amides is 1. The molecule has 16 heavy (non-hydrogen) atoms. The van der Waals surface area contributed by atoms with Crippen molar-refractivity contribution in [1.29, 1.82) is 0 Å². The average molecular weight is 216 g/mol. The van der Waals surface area contributed by atoms with Gasteiger partial charge in [0, 0.05) is 16.6 Å². The molecule has 1 aromatic heterocycles. The Labute approximate surface area is 92.1 Å². The Hall–Kier alpha value is -2.10. The van der Waals surface area contributed by atoms with E-state index >= 15 is 0 Å². The van der Waals surface area contributed by atoms with Crippen LogP contribution >= 0.6 is 0 Å². The van der Waals surface area contributed by atoms with Crippen molar-refractivity contribution in [3.63, 3.8) is 0 Å². The van der Waals surface area contributed by atoms with E-state index in [-0.39, 0.29) is 11.0 Å². The number of para-hydroxylation sites is 1. The Morgan fingerprint density at radius 1 is 1.38 bits per heavy atom. The lowest BCUT2D eigenvalue weighted by atomic mass is 10.1. The average Bonchev–Trinajstić information content (AvgIpc) is 2.28. The molecule has 0 aliphatic rings.